The van der Waals surface area contributed by atoms with Gasteiger partial charge in [0.2, 0.25) is 0 Å². The van der Waals surface area contributed by atoms with Crippen LogP contribution in [0.2, 0.25) is 0 Å². The second kappa shape index (κ2) is 7.36. The van der Waals surface area contributed by atoms with Crippen molar-refractivity contribution in [2.75, 3.05) is 7.05 Å². The minimum Gasteiger partial charge on any atom is -1.00 e. The Morgan fingerprint density at radius 2 is 1.53 bits per heavy atom. The van der Waals surface area contributed by atoms with Gasteiger partial charge in [0, 0.05) is 18.6 Å². The summed E-state index contributed by atoms with van der Waals surface area (Å²) in [6, 6.07) is 30.0. The third-order valence-corrected chi connectivity index (χ3v) is 5.90. The van der Waals surface area contributed by atoms with Gasteiger partial charge in [-0.25, -0.2) is 4.98 Å². The highest BCUT2D eigenvalue weighted by molar-refractivity contribution is 6.08. The van der Waals surface area contributed by atoms with E-state index in [1.54, 1.807) is 0 Å². The van der Waals surface area contributed by atoms with Crippen LogP contribution in [-0.4, -0.2) is 16.9 Å². The molecular formula is C26H20IN3. The van der Waals surface area contributed by atoms with Gasteiger partial charge in [-0.3, -0.25) is 0 Å². The number of H-pyrrole nitrogens is 1. The van der Waals surface area contributed by atoms with Crippen LogP contribution in [0.5, 0.6) is 0 Å². The van der Waals surface area contributed by atoms with Gasteiger partial charge in [-0.2, -0.15) is 0 Å². The Labute approximate surface area is 192 Å². The quantitative estimate of drug-likeness (QED) is 0.342. The maximum atomic E-state index is 4.97. The summed E-state index contributed by atoms with van der Waals surface area (Å²) in [5.41, 5.74) is 5.88. The highest BCUT2D eigenvalue weighted by Gasteiger charge is 2.27. The molecule has 1 aliphatic rings. The van der Waals surface area contributed by atoms with E-state index in [-0.39, 0.29) is 30.0 Å². The second-order valence-corrected chi connectivity index (χ2v) is 7.69. The maximum Gasteiger partial charge on any atom is 0.329 e. The normalized spacial score (nSPS) is 15.1. The average Bonchev–Trinajstić information content (AvgIpc) is 2.78. The summed E-state index contributed by atoms with van der Waals surface area (Å²) >= 11 is 0. The van der Waals surface area contributed by atoms with Gasteiger partial charge in [0.05, 0.1) is 17.0 Å². The van der Waals surface area contributed by atoms with Crippen molar-refractivity contribution in [1.29, 1.82) is 0 Å². The summed E-state index contributed by atoms with van der Waals surface area (Å²) in [5, 5.41) is 3.76. The zero-order chi connectivity index (χ0) is 19.4. The Morgan fingerprint density at radius 1 is 0.800 bits per heavy atom. The SMILES string of the molecule is CN1C=c2ccc3nc(-c4ccccc4)[nH+]c4ccc(c2c34)C1c1ccccc1.[I-]. The van der Waals surface area contributed by atoms with E-state index in [0.29, 0.717) is 0 Å². The van der Waals surface area contributed by atoms with Gasteiger partial charge in [0.25, 0.3) is 0 Å². The number of halogens is 1. The molecule has 0 fully saturated rings. The fourth-order valence-electron chi connectivity index (χ4n) is 4.64. The molecule has 0 radical (unpaired) electrons. The summed E-state index contributed by atoms with van der Waals surface area (Å²) in [5.74, 6) is 0.901. The lowest BCUT2D eigenvalue weighted by Gasteiger charge is -2.32. The first-order valence-corrected chi connectivity index (χ1v) is 9.92. The van der Waals surface area contributed by atoms with Crippen LogP contribution in [0.15, 0.2) is 84.9 Å². The van der Waals surface area contributed by atoms with Crippen LogP contribution in [0.25, 0.3) is 39.4 Å². The molecule has 1 aliphatic heterocycles. The standard InChI is InChI=1S/C26H19N3.HI/c1-29-16-19-12-14-21-24-22(28-26(27-21)18-10-6-3-7-11-18)15-13-20(23(19)24)25(29)17-8-4-2-5-9-17;/h2-16,25H,1H3;1H. The topological polar surface area (TPSA) is 30.3 Å². The van der Waals surface area contributed by atoms with Crippen molar-refractivity contribution in [2.45, 2.75) is 6.04 Å². The van der Waals surface area contributed by atoms with Crippen molar-refractivity contribution >= 4 is 28.0 Å². The molecule has 1 unspecified atom stereocenters. The maximum absolute atomic E-state index is 4.97. The van der Waals surface area contributed by atoms with E-state index in [1.807, 2.05) is 18.2 Å². The van der Waals surface area contributed by atoms with E-state index in [0.717, 1.165) is 22.4 Å². The van der Waals surface area contributed by atoms with Crippen LogP contribution in [0.4, 0.5) is 0 Å². The minimum absolute atomic E-state index is 0. The van der Waals surface area contributed by atoms with Crippen LogP contribution in [-0.2, 0) is 0 Å². The Bertz CT molecular complexity index is 1400. The predicted octanol–water partition coefficient (Wildman–Crippen LogP) is 1.36. The van der Waals surface area contributed by atoms with Crippen molar-refractivity contribution < 1.29 is 29.0 Å². The molecule has 3 nitrogen and oxygen atoms in total. The van der Waals surface area contributed by atoms with Gasteiger partial charge in [0.1, 0.15) is 5.52 Å². The number of benzene rings is 4. The first kappa shape index (κ1) is 19.0. The molecule has 6 rings (SSSR count). The molecule has 0 amide bonds. The molecule has 5 aromatic rings. The largest absolute Gasteiger partial charge is 1.00 e. The zero-order valence-electron chi connectivity index (χ0n) is 16.5. The smallest absolute Gasteiger partial charge is 0.329 e. The number of rotatable bonds is 2. The number of nitrogens with one attached hydrogen (secondary N) is 1. The van der Waals surface area contributed by atoms with Crippen molar-refractivity contribution in [1.82, 2.24) is 9.88 Å². The molecule has 146 valence electrons. The lowest BCUT2D eigenvalue weighted by molar-refractivity contribution is -0.334. The molecular weight excluding hydrogens is 481 g/mol. The summed E-state index contributed by atoms with van der Waals surface area (Å²) in [4.78, 5) is 10.8. The minimum atomic E-state index is 0. The van der Waals surface area contributed by atoms with E-state index in [4.69, 9.17) is 4.98 Å². The number of aromatic amines is 1. The molecule has 0 saturated carbocycles. The average molecular weight is 501 g/mol. The summed E-state index contributed by atoms with van der Waals surface area (Å²) in [6.45, 7) is 0. The Balaban J connectivity index is 0.00000193. The molecule has 1 aromatic heterocycles. The van der Waals surface area contributed by atoms with E-state index >= 15 is 0 Å². The van der Waals surface area contributed by atoms with Crippen molar-refractivity contribution in [2.24, 2.45) is 0 Å². The first-order chi connectivity index (χ1) is 14.3. The number of hydrogen-bond donors (Lipinski definition) is 0. The Hall–Kier alpha value is -2.99. The summed E-state index contributed by atoms with van der Waals surface area (Å²) in [7, 11) is 2.16. The summed E-state index contributed by atoms with van der Waals surface area (Å²) < 4.78 is 0. The van der Waals surface area contributed by atoms with Gasteiger partial charge < -0.3 is 28.9 Å². The van der Waals surface area contributed by atoms with E-state index in [9.17, 15) is 0 Å². The van der Waals surface area contributed by atoms with Gasteiger partial charge in [-0.1, -0.05) is 54.6 Å². The number of nitrogens with zero attached hydrogens (tertiary/aromatic N) is 2. The molecule has 4 aromatic carbocycles. The number of hydrogen-bond acceptors (Lipinski definition) is 2. The van der Waals surface area contributed by atoms with E-state index in [2.05, 4.69) is 89.9 Å². The fourth-order valence-corrected chi connectivity index (χ4v) is 4.64. The van der Waals surface area contributed by atoms with Crippen LogP contribution in [0, 0.1) is 0 Å². The van der Waals surface area contributed by atoms with Crippen LogP contribution >= 0.6 is 0 Å². The fraction of sp³-hybridized carbons (Fsp3) is 0.0769. The van der Waals surface area contributed by atoms with Crippen LogP contribution in [0.1, 0.15) is 17.2 Å². The predicted molar refractivity (Wildman–Crippen MR) is 117 cm³/mol. The van der Waals surface area contributed by atoms with E-state index in [1.165, 1.54) is 27.1 Å². The van der Waals surface area contributed by atoms with Crippen molar-refractivity contribution in [3.05, 3.63) is 101 Å². The van der Waals surface area contributed by atoms with Crippen LogP contribution < -0.4 is 34.2 Å². The van der Waals surface area contributed by atoms with Gasteiger partial charge in [-0.05, 0) is 51.7 Å². The molecule has 0 spiro atoms. The second-order valence-electron chi connectivity index (χ2n) is 7.69. The highest BCUT2D eigenvalue weighted by atomic mass is 127. The third kappa shape index (κ3) is 2.86. The van der Waals surface area contributed by atoms with Gasteiger partial charge in [0.15, 0.2) is 5.52 Å². The lowest BCUT2D eigenvalue weighted by Crippen LogP contribution is -3.00. The molecule has 0 bridgehead atoms. The zero-order valence-corrected chi connectivity index (χ0v) is 18.7. The first-order valence-electron chi connectivity index (χ1n) is 9.92. The number of aromatic nitrogens is 2. The third-order valence-electron chi connectivity index (χ3n) is 5.90. The van der Waals surface area contributed by atoms with Crippen molar-refractivity contribution in [3.8, 4) is 11.4 Å². The van der Waals surface area contributed by atoms with Crippen LogP contribution in [0.3, 0.4) is 0 Å². The van der Waals surface area contributed by atoms with Gasteiger partial charge >= 0.3 is 5.82 Å². The molecule has 0 saturated heterocycles. The summed E-state index contributed by atoms with van der Waals surface area (Å²) in [6.07, 6.45) is 2.25. The molecule has 30 heavy (non-hydrogen) atoms. The molecule has 0 aliphatic carbocycles. The monoisotopic (exact) mass is 501 g/mol. The molecule has 1 atom stereocenters. The van der Waals surface area contributed by atoms with Crippen molar-refractivity contribution in [3.63, 3.8) is 0 Å². The molecule has 2 heterocycles. The molecule has 1 N–H and O–H groups in total. The lowest BCUT2D eigenvalue weighted by atomic mass is 9.89. The molecule has 4 heteroatoms. The van der Waals surface area contributed by atoms with Gasteiger partial charge in [-0.15, -0.1) is 0 Å². The Morgan fingerprint density at radius 3 is 2.30 bits per heavy atom. The Kier molecular flexibility index (Phi) is 4.66. The highest BCUT2D eigenvalue weighted by Crippen LogP contribution is 2.36. The van der Waals surface area contributed by atoms with E-state index < -0.39 is 0 Å².